The lowest BCUT2D eigenvalue weighted by molar-refractivity contribution is -0.384. The molecule has 0 saturated carbocycles. The Balaban J connectivity index is 1.60. The molecule has 0 aromatic heterocycles. The Morgan fingerprint density at radius 2 is 1.64 bits per heavy atom. The molecule has 0 aliphatic rings. The second kappa shape index (κ2) is 9.41. The maximum Gasteiger partial charge on any atom is 0.269 e. The molecule has 0 bridgehead atoms. The monoisotopic (exact) mass is 378 g/mol. The van der Waals surface area contributed by atoms with Crippen molar-refractivity contribution in [2.45, 2.75) is 20.1 Å². The minimum absolute atomic E-state index is 0.0729. The fraction of sp³-hybridized carbons (Fsp3) is 0.182. The number of nitro groups is 1. The third kappa shape index (κ3) is 5.23. The van der Waals surface area contributed by atoms with Gasteiger partial charge in [-0.15, -0.1) is 0 Å². The Labute approximate surface area is 163 Å². The van der Waals surface area contributed by atoms with Gasteiger partial charge in [-0.1, -0.05) is 18.2 Å². The zero-order chi connectivity index (χ0) is 19.8. The van der Waals surface area contributed by atoms with Gasteiger partial charge in [-0.05, 0) is 55.0 Å². The number of rotatable bonds is 9. The molecular formula is C22H22N2O4. The van der Waals surface area contributed by atoms with Gasteiger partial charge in [0.2, 0.25) is 0 Å². The van der Waals surface area contributed by atoms with E-state index < -0.39 is 4.92 Å². The molecule has 0 heterocycles. The predicted octanol–water partition coefficient (Wildman–Crippen LogP) is 5.18. The van der Waals surface area contributed by atoms with E-state index in [1.54, 1.807) is 12.1 Å². The number of para-hydroxylation sites is 1. The summed E-state index contributed by atoms with van der Waals surface area (Å²) in [5, 5.41) is 14.1. The van der Waals surface area contributed by atoms with E-state index in [1.807, 2.05) is 55.5 Å². The summed E-state index contributed by atoms with van der Waals surface area (Å²) < 4.78 is 11.4. The maximum atomic E-state index is 10.7. The first-order valence-corrected chi connectivity index (χ1v) is 9.06. The minimum Gasteiger partial charge on any atom is -0.494 e. The summed E-state index contributed by atoms with van der Waals surface area (Å²) in [6.07, 6.45) is 0. The van der Waals surface area contributed by atoms with Crippen LogP contribution in [0.5, 0.6) is 11.5 Å². The van der Waals surface area contributed by atoms with Gasteiger partial charge < -0.3 is 14.8 Å². The number of nitro benzene ring substituents is 1. The van der Waals surface area contributed by atoms with E-state index >= 15 is 0 Å². The van der Waals surface area contributed by atoms with Crippen LogP contribution in [0.3, 0.4) is 0 Å². The number of hydrogen-bond acceptors (Lipinski definition) is 5. The average Bonchev–Trinajstić information content (AvgIpc) is 2.73. The van der Waals surface area contributed by atoms with Crippen LogP contribution in [0.2, 0.25) is 0 Å². The normalized spacial score (nSPS) is 10.3. The van der Waals surface area contributed by atoms with Crippen LogP contribution in [0.15, 0.2) is 72.8 Å². The molecule has 0 amide bonds. The van der Waals surface area contributed by atoms with E-state index in [2.05, 4.69) is 5.32 Å². The molecule has 0 spiro atoms. The molecule has 3 aromatic carbocycles. The van der Waals surface area contributed by atoms with E-state index in [-0.39, 0.29) is 5.69 Å². The summed E-state index contributed by atoms with van der Waals surface area (Å²) in [5.74, 6) is 1.62. The van der Waals surface area contributed by atoms with Crippen LogP contribution in [0, 0.1) is 10.1 Å². The van der Waals surface area contributed by atoms with Gasteiger partial charge in [-0.25, -0.2) is 0 Å². The Hall–Kier alpha value is -3.54. The van der Waals surface area contributed by atoms with Crippen LogP contribution >= 0.6 is 0 Å². The molecule has 0 aliphatic carbocycles. The molecule has 6 heteroatoms. The first kappa shape index (κ1) is 19.2. The Morgan fingerprint density at radius 1 is 0.929 bits per heavy atom. The molecule has 0 radical (unpaired) electrons. The van der Waals surface area contributed by atoms with Gasteiger partial charge in [0, 0.05) is 29.9 Å². The van der Waals surface area contributed by atoms with Crippen LogP contribution in [0.1, 0.15) is 18.1 Å². The van der Waals surface area contributed by atoms with Gasteiger partial charge in [0.1, 0.15) is 18.1 Å². The first-order valence-electron chi connectivity index (χ1n) is 9.06. The van der Waals surface area contributed by atoms with E-state index in [9.17, 15) is 10.1 Å². The summed E-state index contributed by atoms with van der Waals surface area (Å²) in [5.41, 5.74) is 2.97. The fourth-order valence-corrected chi connectivity index (χ4v) is 2.70. The smallest absolute Gasteiger partial charge is 0.269 e. The highest BCUT2D eigenvalue weighted by Crippen LogP contribution is 2.22. The number of non-ortho nitro benzene ring substituents is 1. The molecule has 6 nitrogen and oxygen atoms in total. The van der Waals surface area contributed by atoms with Gasteiger partial charge >= 0.3 is 0 Å². The fourth-order valence-electron chi connectivity index (χ4n) is 2.70. The van der Waals surface area contributed by atoms with Crippen molar-refractivity contribution in [2.24, 2.45) is 0 Å². The molecule has 0 saturated heterocycles. The molecule has 0 aliphatic heterocycles. The highest BCUT2D eigenvalue weighted by molar-refractivity contribution is 5.48. The minimum atomic E-state index is -0.410. The summed E-state index contributed by atoms with van der Waals surface area (Å²) in [7, 11) is 0. The van der Waals surface area contributed by atoms with Gasteiger partial charge in [-0.3, -0.25) is 10.1 Å². The van der Waals surface area contributed by atoms with Crippen LogP contribution in [0.4, 0.5) is 11.4 Å². The molecule has 3 rings (SSSR count). The first-order chi connectivity index (χ1) is 13.7. The van der Waals surface area contributed by atoms with Gasteiger partial charge in [0.25, 0.3) is 5.69 Å². The van der Waals surface area contributed by atoms with Crippen molar-refractivity contribution in [3.05, 3.63) is 94.0 Å². The lowest BCUT2D eigenvalue weighted by atomic mass is 10.2. The standard InChI is InChI=1S/C22H22N2O4/c1-2-27-21-13-9-19(10-14-21)23-15-18-5-3-4-6-22(18)28-16-17-7-11-20(12-8-17)24(25)26/h3-14,23H,2,15-16H2,1H3. The number of nitrogens with zero attached hydrogens (tertiary/aromatic N) is 1. The van der Waals surface area contributed by atoms with Crippen molar-refractivity contribution in [1.82, 2.24) is 0 Å². The van der Waals surface area contributed by atoms with Crippen LogP contribution < -0.4 is 14.8 Å². The molecule has 0 unspecified atom stereocenters. The maximum absolute atomic E-state index is 10.7. The molecular weight excluding hydrogens is 356 g/mol. The summed E-state index contributed by atoms with van der Waals surface area (Å²) >= 11 is 0. The molecule has 0 atom stereocenters. The van der Waals surface area contributed by atoms with Crippen molar-refractivity contribution in [1.29, 1.82) is 0 Å². The van der Waals surface area contributed by atoms with Crippen LogP contribution in [-0.4, -0.2) is 11.5 Å². The van der Waals surface area contributed by atoms with E-state index in [4.69, 9.17) is 9.47 Å². The van der Waals surface area contributed by atoms with Crippen LogP contribution in [0.25, 0.3) is 0 Å². The Bertz CT molecular complexity index is 909. The summed E-state index contributed by atoms with van der Waals surface area (Å²) in [6.45, 7) is 3.56. The second-order valence-corrected chi connectivity index (χ2v) is 6.13. The van der Waals surface area contributed by atoms with Gasteiger partial charge in [0.15, 0.2) is 0 Å². The summed E-state index contributed by atoms with van der Waals surface area (Å²) in [6, 6.07) is 22.0. The van der Waals surface area contributed by atoms with Crippen molar-refractivity contribution in [3.8, 4) is 11.5 Å². The van der Waals surface area contributed by atoms with Crippen molar-refractivity contribution >= 4 is 11.4 Å². The van der Waals surface area contributed by atoms with E-state index in [0.29, 0.717) is 19.8 Å². The zero-order valence-corrected chi connectivity index (χ0v) is 15.6. The Kier molecular flexibility index (Phi) is 6.46. The number of hydrogen-bond donors (Lipinski definition) is 1. The SMILES string of the molecule is CCOc1ccc(NCc2ccccc2OCc2ccc([N+](=O)[O-])cc2)cc1. The number of nitrogens with one attached hydrogen (secondary N) is 1. The number of ether oxygens (including phenoxy) is 2. The highest BCUT2D eigenvalue weighted by atomic mass is 16.6. The van der Waals surface area contributed by atoms with Crippen molar-refractivity contribution in [3.63, 3.8) is 0 Å². The van der Waals surface area contributed by atoms with E-state index in [0.717, 1.165) is 28.3 Å². The molecule has 144 valence electrons. The topological polar surface area (TPSA) is 73.6 Å². The number of benzene rings is 3. The third-order valence-corrected chi connectivity index (χ3v) is 4.16. The molecule has 28 heavy (non-hydrogen) atoms. The summed E-state index contributed by atoms with van der Waals surface area (Å²) in [4.78, 5) is 10.3. The number of anilines is 1. The quantitative estimate of drug-likeness (QED) is 0.410. The molecule has 3 aromatic rings. The average molecular weight is 378 g/mol. The highest BCUT2D eigenvalue weighted by Gasteiger charge is 2.06. The largest absolute Gasteiger partial charge is 0.494 e. The van der Waals surface area contributed by atoms with Crippen molar-refractivity contribution < 1.29 is 14.4 Å². The van der Waals surface area contributed by atoms with E-state index in [1.165, 1.54) is 12.1 Å². The van der Waals surface area contributed by atoms with Gasteiger partial charge in [-0.2, -0.15) is 0 Å². The van der Waals surface area contributed by atoms with Crippen molar-refractivity contribution in [2.75, 3.05) is 11.9 Å². The predicted molar refractivity (Wildman–Crippen MR) is 109 cm³/mol. The molecule has 0 fully saturated rings. The van der Waals surface area contributed by atoms with Crippen LogP contribution in [-0.2, 0) is 13.2 Å². The third-order valence-electron chi connectivity index (χ3n) is 4.16. The Morgan fingerprint density at radius 3 is 2.32 bits per heavy atom. The zero-order valence-electron chi connectivity index (χ0n) is 15.6. The second-order valence-electron chi connectivity index (χ2n) is 6.13. The lowest BCUT2D eigenvalue weighted by Crippen LogP contribution is -2.04. The molecule has 1 N–H and O–H groups in total. The van der Waals surface area contributed by atoms with Gasteiger partial charge in [0.05, 0.1) is 11.5 Å². The lowest BCUT2D eigenvalue weighted by Gasteiger charge is -2.13.